The molecule has 81 heavy (non-hydrogen) atoms. The van der Waals surface area contributed by atoms with Crippen molar-refractivity contribution in [2.45, 2.75) is 6.92 Å². The SMILES string of the molecule is [C-]#[N+]c1ccc(-c2ccc3c(c2)c2cc(-c4ccc(C#N)cc4[N+]#[C-])ccc2n3-c2ccc(C#N)cc2-c2cccc(C)c2-n2c3ccc(-c4ccc([N+]#[C-])cc4C#N)cc3c3cc(-c4ccc(C#N)cc4[N+]#[C-])ccc32)c(C#N)c1. The third-order valence-corrected chi connectivity index (χ3v) is 14.9. The lowest BCUT2D eigenvalue weighted by molar-refractivity contribution is 1.14. The van der Waals surface area contributed by atoms with Crippen LogP contribution in [0.2, 0.25) is 0 Å². The van der Waals surface area contributed by atoms with Gasteiger partial charge in [-0.2, -0.15) is 26.3 Å². The van der Waals surface area contributed by atoms with Crippen molar-refractivity contribution >= 4 is 66.4 Å². The zero-order valence-electron chi connectivity index (χ0n) is 42.7. The van der Waals surface area contributed by atoms with Gasteiger partial charge in [0.2, 0.25) is 0 Å². The summed E-state index contributed by atoms with van der Waals surface area (Å²) >= 11 is 0. The van der Waals surface area contributed by atoms with Crippen LogP contribution in [0.15, 0.2) is 182 Å². The molecule has 0 fully saturated rings. The molecule has 368 valence electrons. The number of rotatable bonds is 7. The Morgan fingerprint density at radius 2 is 0.753 bits per heavy atom. The maximum Gasteiger partial charge on any atom is 0.196 e. The largest absolute Gasteiger partial charge is 0.309 e. The van der Waals surface area contributed by atoms with Gasteiger partial charge < -0.3 is 9.13 Å². The fourth-order valence-electron chi connectivity index (χ4n) is 11.2. The quantitative estimate of drug-likeness (QED) is 0.146. The molecule has 11 heteroatoms. The van der Waals surface area contributed by atoms with Crippen molar-refractivity contribution in [1.82, 2.24) is 9.13 Å². The van der Waals surface area contributed by atoms with Crippen LogP contribution in [0.25, 0.3) is 130 Å². The molecular weight excluding hydrogens is 995 g/mol. The summed E-state index contributed by atoms with van der Waals surface area (Å²) in [6, 6.07) is 67.5. The number of aryl methyl sites for hydroxylation is 1. The van der Waals surface area contributed by atoms with Crippen LogP contribution in [0.1, 0.15) is 33.4 Å². The molecule has 0 unspecified atom stereocenters. The van der Waals surface area contributed by atoms with E-state index < -0.39 is 0 Å². The molecule has 0 bridgehead atoms. The van der Waals surface area contributed by atoms with Crippen molar-refractivity contribution in [3.63, 3.8) is 0 Å². The van der Waals surface area contributed by atoms with Gasteiger partial charge in [-0.05, 0) is 160 Å². The maximum absolute atomic E-state index is 10.7. The highest BCUT2D eigenvalue weighted by Gasteiger charge is 2.25. The van der Waals surface area contributed by atoms with Gasteiger partial charge in [0.15, 0.2) is 22.7 Å². The minimum Gasteiger partial charge on any atom is -0.309 e. The lowest BCUT2D eigenvalue weighted by Gasteiger charge is -2.21. The first kappa shape index (κ1) is 49.1. The zero-order valence-corrected chi connectivity index (χ0v) is 42.7. The average molecular weight is 1030 g/mol. The first-order valence-electron chi connectivity index (χ1n) is 25.1. The molecule has 11 nitrogen and oxygen atoms in total. The van der Waals surface area contributed by atoms with Crippen molar-refractivity contribution in [3.05, 3.63) is 261 Å². The number of aromatic nitrogens is 2. The smallest absolute Gasteiger partial charge is 0.196 e. The predicted octanol–water partition coefficient (Wildman–Crippen LogP) is 18.1. The minimum atomic E-state index is 0.333. The Hall–Kier alpha value is -12.8. The standard InChI is InChI=1S/C70H33N11/c1-41-7-6-8-57(70(41)81-68-25-13-46(54-21-17-52(77-3)31-50(54)40-75)33-61(68)62-35-48(15-26-69(62)81)56-19-10-44(38-73)29-64(56)79-5)58-27-42(36-71)11-22-65(58)80-66-23-12-45(53-20-16-51(76-2)30-49(53)39-74)32-59(66)60-34-47(14-24-67(60)80)55-18-9-43(37-72)28-63(55)78-4/h6-35H,1H3. The summed E-state index contributed by atoms with van der Waals surface area (Å²) in [6.07, 6.45) is 0. The molecule has 0 N–H and O–H groups in total. The zero-order chi connectivity index (χ0) is 56.1. The Labute approximate surface area is 464 Å². The third-order valence-electron chi connectivity index (χ3n) is 14.9. The predicted molar refractivity (Wildman–Crippen MR) is 316 cm³/mol. The van der Waals surface area contributed by atoms with Crippen molar-refractivity contribution in [1.29, 1.82) is 26.3 Å². The van der Waals surface area contributed by atoms with Gasteiger partial charge in [-0.25, -0.2) is 19.4 Å². The van der Waals surface area contributed by atoms with Gasteiger partial charge >= 0.3 is 0 Å². The molecule has 12 rings (SSSR count). The summed E-state index contributed by atoms with van der Waals surface area (Å²) in [5, 5.41) is 54.1. The van der Waals surface area contributed by atoms with E-state index in [9.17, 15) is 26.3 Å². The van der Waals surface area contributed by atoms with Crippen molar-refractivity contribution in [2.75, 3.05) is 0 Å². The maximum atomic E-state index is 10.7. The van der Waals surface area contributed by atoms with Gasteiger partial charge in [0, 0.05) is 54.9 Å². The second kappa shape index (κ2) is 19.7. The van der Waals surface area contributed by atoms with Gasteiger partial charge in [0.25, 0.3) is 0 Å². The average Bonchev–Trinajstić information content (AvgIpc) is 4.27. The van der Waals surface area contributed by atoms with Crippen LogP contribution in [-0.4, -0.2) is 9.13 Å². The molecule has 12 aromatic rings. The van der Waals surface area contributed by atoms with E-state index in [1.54, 1.807) is 78.9 Å². The van der Waals surface area contributed by atoms with E-state index in [4.69, 9.17) is 26.3 Å². The molecule has 2 heterocycles. The van der Waals surface area contributed by atoms with Gasteiger partial charge in [0.1, 0.15) is 0 Å². The molecule has 0 aliphatic carbocycles. The highest BCUT2D eigenvalue weighted by molar-refractivity contribution is 6.14. The Balaban J connectivity index is 1.14. The van der Waals surface area contributed by atoms with E-state index in [0.29, 0.717) is 72.8 Å². The molecule has 10 aromatic carbocycles. The van der Waals surface area contributed by atoms with Gasteiger partial charge in [0.05, 0.1) is 95.6 Å². The number of hydrogen-bond donors (Lipinski definition) is 0. The molecule has 2 aromatic heterocycles. The minimum absolute atomic E-state index is 0.333. The van der Waals surface area contributed by atoms with E-state index in [2.05, 4.69) is 77.1 Å². The van der Waals surface area contributed by atoms with Crippen LogP contribution >= 0.6 is 0 Å². The monoisotopic (exact) mass is 1030 g/mol. The van der Waals surface area contributed by atoms with Gasteiger partial charge in [-0.3, -0.25) is 0 Å². The van der Waals surface area contributed by atoms with Gasteiger partial charge in [-0.1, -0.05) is 78.9 Å². The molecule has 0 amide bonds. The number of benzene rings is 10. The van der Waals surface area contributed by atoms with E-state index in [-0.39, 0.29) is 0 Å². The fraction of sp³-hybridized carbons (Fsp3) is 0.0143. The van der Waals surface area contributed by atoms with E-state index in [0.717, 1.165) is 93.9 Å². The molecule has 0 radical (unpaired) electrons. The number of hydrogen-bond acceptors (Lipinski definition) is 5. The highest BCUT2D eigenvalue weighted by Crippen LogP contribution is 2.46. The van der Waals surface area contributed by atoms with E-state index in [1.165, 1.54) is 0 Å². The molecule has 0 saturated heterocycles. The van der Waals surface area contributed by atoms with Crippen molar-refractivity contribution < 1.29 is 0 Å². The molecule has 0 aliphatic rings. The Morgan fingerprint density at radius 3 is 1.17 bits per heavy atom. The van der Waals surface area contributed by atoms with Crippen molar-refractivity contribution in [2.24, 2.45) is 0 Å². The number of nitriles is 5. The van der Waals surface area contributed by atoms with Crippen molar-refractivity contribution in [3.8, 4) is 97.4 Å². The Bertz CT molecular complexity index is 4930. The van der Waals surface area contributed by atoms with Gasteiger partial charge in [-0.15, -0.1) is 0 Å². The summed E-state index contributed by atoms with van der Waals surface area (Å²) in [6.45, 7) is 33.4. The van der Waals surface area contributed by atoms with Crippen LogP contribution in [0.3, 0.4) is 0 Å². The van der Waals surface area contributed by atoms with Crippen LogP contribution in [0.5, 0.6) is 0 Å². The van der Waals surface area contributed by atoms with Crippen LogP contribution in [-0.2, 0) is 0 Å². The summed E-state index contributed by atoms with van der Waals surface area (Å²) in [4.78, 5) is 14.7. The summed E-state index contributed by atoms with van der Waals surface area (Å²) in [5.41, 5.74) is 16.3. The van der Waals surface area contributed by atoms with Crippen LogP contribution in [0, 0.1) is 89.9 Å². The number of nitrogens with zero attached hydrogens (tertiary/aromatic N) is 11. The summed E-state index contributed by atoms with van der Waals surface area (Å²) < 4.78 is 4.39. The van der Waals surface area contributed by atoms with E-state index >= 15 is 0 Å². The molecule has 0 atom stereocenters. The van der Waals surface area contributed by atoms with E-state index in [1.807, 2.05) is 91.9 Å². The summed E-state index contributed by atoms with van der Waals surface area (Å²) in [7, 11) is 0. The van der Waals surface area contributed by atoms with Crippen LogP contribution in [0.4, 0.5) is 22.7 Å². The Morgan fingerprint density at radius 1 is 0.346 bits per heavy atom. The lowest BCUT2D eigenvalue weighted by Crippen LogP contribution is -2.04. The summed E-state index contributed by atoms with van der Waals surface area (Å²) in [5.74, 6) is 0. The normalized spacial score (nSPS) is 10.7. The first-order chi connectivity index (χ1) is 39.6. The second-order valence-corrected chi connectivity index (χ2v) is 19.2. The van der Waals surface area contributed by atoms with Crippen LogP contribution < -0.4 is 0 Å². The second-order valence-electron chi connectivity index (χ2n) is 19.2. The number of para-hydroxylation sites is 1. The Kier molecular flexibility index (Phi) is 12.0. The number of fused-ring (bicyclic) bond motifs is 6. The molecular formula is C70H33N11. The highest BCUT2D eigenvalue weighted by atomic mass is 15.0. The molecule has 0 spiro atoms. The molecule has 0 saturated carbocycles. The molecule has 0 aliphatic heterocycles. The first-order valence-corrected chi connectivity index (χ1v) is 25.1. The lowest BCUT2D eigenvalue weighted by atomic mass is 9.96. The third kappa shape index (κ3) is 8.07. The fourth-order valence-corrected chi connectivity index (χ4v) is 11.2. The topological polar surface area (TPSA) is 146 Å².